The van der Waals surface area contributed by atoms with Crippen molar-refractivity contribution in [3.05, 3.63) is 21.4 Å². The maximum Gasteiger partial charge on any atom is 0.0507 e. The number of aryl methyl sites for hydroxylation is 2. The maximum atomic E-state index is 5.37. The lowest BCUT2D eigenvalue weighted by atomic mass is 10.1. The number of hydrogen-bond acceptors (Lipinski definition) is 3. The van der Waals surface area contributed by atoms with Crippen LogP contribution >= 0.6 is 11.3 Å². The first-order chi connectivity index (χ1) is 7.92. The van der Waals surface area contributed by atoms with Crippen molar-refractivity contribution >= 4 is 11.3 Å². The molecule has 1 aliphatic heterocycles. The Morgan fingerprint density at radius 2 is 2.44 bits per heavy atom. The molecule has 0 saturated carbocycles. The summed E-state index contributed by atoms with van der Waals surface area (Å²) in [6, 6.07) is 2.41. The van der Waals surface area contributed by atoms with Gasteiger partial charge in [-0.1, -0.05) is 0 Å². The van der Waals surface area contributed by atoms with Gasteiger partial charge in [-0.15, -0.1) is 11.3 Å². The molecule has 1 saturated heterocycles. The molecule has 1 aliphatic carbocycles. The highest BCUT2D eigenvalue weighted by molar-refractivity contribution is 7.12. The van der Waals surface area contributed by atoms with E-state index in [0.717, 1.165) is 32.2 Å². The van der Waals surface area contributed by atoms with Gasteiger partial charge in [-0.25, -0.2) is 0 Å². The van der Waals surface area contributed by atoms with Gasteiger partial charge < -0.3 is 10.1 Å². The molecule has 1 atom stereocenters. The molecule has 1 N–H and O–H groups in total. The fourth-order valence-electron chi connectivity index (χ4n) is 2.62. The Morgan fingerprint density at radius 1 is 1.44 bits per heavy atom. The summed E-state index contributed by atoms with van der Waals surface area (Å²) in [6.07, 6.45) is 5.22. The monoisotopic (exact) mass is 237 g/mol. The second-order valence-corrected chi connectivity index (χ2v) is 6.10. The summed E-state index contributed by atoms with van der Waals surface area (Å²) >= 11 is 2.01. The van der Waals surface area contributed by atoms with E-state index < -0.39 is 0 Å². The first-order valence-electron chi connectivity index (χ1n) is 6.31. The van der Waals surface area contributed by atoms with Gasteiger partial charge in [-0.05, 0) is 43.2 Å². The van der Waals surface area contributed by atoms with E-state index in [1.807, 2.05) is 11.3 Å². The average Bonchev–Trinajstić information content (AvgIpc) is 2.91. The molecule has 1 aromatic rings. The van der Waals surface area contributed by atoms with E-state index in [4.69, 9.17) is 4.74 Å². The summed E-state index contributed by atoms with van der Waals surface area (Å²) in [5.74, 6) is 0.742. The number of hydrogen-bond donors (Lipinski definition) is 1. The number of fused-ring (bicyclic) bond motifs is 1. The van der Waals surface area contributed by atoms with Gasteiger partial charge in [-0.3, -0.25) is 0 Å². The molecule has 3 heteroatoms. The van der Waals surface area contributed by atoms with Gasteiger partial charge in [0.05, 0.1) is 6.61 Å². The van der Waals surface area contributed by atoms with Crippen LogP contribution in [0.15, 0.2) is 6.07 Å². The molecule has 0 radical (unpaired) electrons. The fraction of sp³-hybridized carbons (Fsp3) is 0.692. The van der Waals surface area contributed by atoms with E-state index in [1.165, 1.54) is 30.6 Å². The zero-order chi connectivity index (χ0) is 10.8. The van der Waals surface area contributed by atoms with Crippen LogP contribution < -0.4 is 5.32 Å². The van der Waals surface area contributed by atoms with Crippen molar-refractivity contribution in [1.82, 2.24) is 5.32 Å². The lowest BCUT2D eigenvalue weighted by Crippen LogP contribution is -2.22. The van der Waals surface area contributed by atoms with Crippen molar-refractivity contribution in [3.8, 4) is 0 Å². The van der Waals surface area contributed by atoms with Gasteiger partial charge in [0, 0.05) is 29.5 Å². The van der Waals surface area contributed by atoms with Crippen LogP contribution in [0.3, 0.4) is 0 Å². The fourth-order valence-corrected chi connectivity index (χ4v) is 3.85. The van der Waals surface area contributed by atoms with Crippen LogP contribution in [-0.4, -0.2) is 19.8 Å². The highest BCUT2D eigenvalue weighted by Crippen LogP contribution is 2.30. The van der Waals surface area contributed by atoms with E-state index in [-0.39, 0.29) is 0 Å². The summed E-state index contributed by atoms with van der Waals surface area (Å²) in [4.78, 5) is 3.16. The average molecular weight is 237 g/mol. The Bertz CT molecular complexity index is 333. The Kier molecular flexibility index (Phi) is 3.27. The minimum Gasteiger partial charge on any atom is -0.381 e. The summed E-state index contributed by atoms with van der Waals surface area (Å²) in [5.41, 5.74) is 1.62. The molecule has 2 aliphatic rings. The van der Waals surface area contributed by atoms with E-state index >= 15 is 0 Å². The summed E-state index contributed by atoms with van der Waals surface area (Å²) in [7, 11) is 0. The smallest absolute Gasteiger partial charge is 0.0507 e. The Morgan fingerprint density at radius 3 is 3.25 bits per heavy atom. The number of rotatable bonds is 4. The van der Waals surface area contributed by atoms with E-state index in [0.29, 0.717) is 0 Å². The number of thiophene rings is 1. The first kappa shape index (κ1) is 10.8. The molecule has 0 bridgehead atoms. The molecule has 88 valence electrons. The first-order valence-corrected chi connectivity index (χ1v) is 7.12. The predicted molar refractivity (Wildman–Crippen MR) is 67.0 cm³/mol. The lowest BCUT2D eigenvalue weighted by molar-refractivity contribution is 0.185. The third-order valence-corrected chi connectivity index (χ3v) is 4.79. The zero-order valence-electron chi connectivity index (χ0n) is 9.63. The second kappa shape index (κ2) is 4.86. The van der Waals surface area contributed by atoms with E-state index in [1.54, 1.807) is 10.4 Å². The summed E-state index contributed by atoms with van der Waals surface area (Å²) in [6.45, 7) is 4.07. The topological polar surface area (TPSA) is 21.3 Å². The van der Waals surface area contributed by atoms with Crippen LogP contribution in [-0.2, 0) is 24.1 Å². The number of nitrogens with one attached hydrogen (secondary N) is 1. The van der Waals surface area contributed by atoms with Gasteiger partial charge in [0.2, 0.25) is 0 Å². The third-order valence-electron chi connectivity index (χ3n) is 3.55. The standard InChI is InChI=1S/C13H19NOS/c1-2-11-6-12(16-13(11)3-1)8-14-7-10-4-5-15-9-10/h6,10,14H,1-5,7-9H2. The predicted octanol–water partition coefficient (Wildman–Crippen LogP) is 2.36. The zero-order valence-corrected chi connectivity index (χ0v) is 10.4. The molecule has 16 heavy (non-hydrogen) atoms. The largest absolute Gasteiger partial charge is 0.381 e. The lowest BCUT2D eigenvalue weighted by Gasteiger charge is -2.07. The van der Waals surface area contributed by atoms with Crippen LogP contribution in [0.25, 0.3) is 0 Å². The van der Waals surface area contributed by atoms with Gasteiger partial charge in [0.25, 0.3) is 0 Å². The Hall–Kier alpha value is -0.380. The molecule has 1 fully saturated rings. The van der Waals surface area contributed by atoms with Crippen molar-refractivity contribution in [2.75, 3.05) is 19.8 Å². The van der Waals surface area contributed by atoms with Crippen LogP contribution in [0.1, 0.15) is 28.2 Å². The van der Waals surface area contributed by atoms with Crippen molar-refractivity contribution in [3.63, 3.8) is 0 Å². The second-order valence-electron chi connectivity index (χ2n) is 4.88. The molecular formula is C13H19NOS. The molecule has 0 spiro atoms. The minimum atomic E-state index is 0.742. The van der Waals surface area contributed by atoms with Crippen LogP contribution in [0.4, 0.5) is 0 Å². The summed E-state index contributed by atoms with van der Waals surface area (Å²) in [5, 5.41) is 3.56. The molecule has 3 rings (SSSR count). The highest BCUT2D eigenvalue weighted by Gasteiger charge is 2.16. The molecular weight excluding hydrogens is 218 g/mol. The van der Waals surface area contributed by atoms with E-state index in [2.05, 4.69) is 11.4 Å². The molecule has 1 aromatic heterocycles. The maximum absolute atomic E-state index is 5.37. The van der Waals surface area contributed by atoms with Crippen LogP contribution in [0.5, 0.6) is 0 Å². The molecule has 2 heterocycles. The van der Waals surface area contributed by atoms with Gasteiger partial charge in [0.15, 0.2) is 0 Å². The van der Waals surface area contributed by atoms with Crippen molar-refractivity contribution < 1.29 is 4.74 Å². The van der Waals surface area contributed by atoms with Crippen molar-refractivity contribution in [2.24, 2.45) is 5.92 Å². The quantitative estimate of drug-likeness (QED) is 0.868. The SMILES string of the molecule is c1c(CNCC2CCOC2)sc2c1CCC2. The van der Waals surface area contributed by atoms with E-state index in [9.17, 15) is 0 Å². The Labute approximate surface area is 101 Å². The molecule has 2 nitrogen and oxygen atoms in total. The highest BCUT2D eigenvalue weighted by atomic mass is 32.1. The van der Waals surface area contributed by atoms with Crippen molar-refractivity contribution in [1.29, 1.82) is 0 Å². The van der Waals surface area contributed by atoms with Crippen molar-refractivity contribution in [2.45, 2.75) is 32.2 Å². The minimum absolute atomic E-state index is 0.742. The Balaban J connectivity index is 1.47. The van der Waals surface area contributed by atoms with Crippen LogP contribution in [0.2, 0.25) is 0 Å². The van der Waals surface area contributed by atoms with Gasteiger partial charge in [-0.2, -0.15) is 0 Å². The third kappa shape index (κ3) is 2.31. The molecule has 1 unspecified atom stereocenters. The summed E-state index contributed by atoms with van der Waals surface area (Å²) < 4.78 is 5.37. The normalized spacial score (nSPS) is 23.9. The molecule has 0 amide bonds. The van der Waals surface area contributed by atoms with Gasteiger partial charge in [0.1, 0.15) is 0 Å². The molecule has 0 aromatic carbocycles. The van der Waals surface area contributed by atoms with Gasteiger partial charge >= 0.3 is 0 Å². The number of ether oxygens (including phenoxy) is 1. The van der Waals surface area contributed by atoms with Crippen LogP contribution in [0, 0.1) is 5.92 Å².